The first-order valence-corrected chi connectivity index (χ1v) is 8.82. The number of hydrogen-bond donors (Lipinski definition) is 1. The number of primary amides is 1. The molecule has 0 saturated heterocycles. The van der Waals surface area contributed by atoms with Gasteiger partial charge >= 0.3 is 0 Å². The number of carbonyl (C=O) groups is 1. The molecule has 2 N–H and O–H groups in total. The summed E-state index contributed by atoms with van der Waals surface area (Å²) in [6.45, 7) is 1.70. The SMILES string of the molecule is Cc1nc(Cc2ccccc2)nc2sc3c(=O)n(CC(N)=O)cnc3c12. The van der Waals surface area contributed by atoms with Gasteiger partial charge in [-0.1, -0.05) is 30.3 Å². The molecule has 130 valence electrons. The molecule has 1 aromatic carbocycles. The zero-order chi connectivity index (χ0) is 18.3. The van der Waals surface area contributed by atoms with Gasteiger partial charge in [0.25, 0.3) is 5.56 Å². The van der Waals surface area contributed by atoms with Gasteiger partial charge in [-0.05, 0) is 12.5 Å². The van der Waals surface area contributed by atoms with E-state index in [2.05, 4.69) is 15.0 Å². The summed E-state index contributed by atoms with van der Waals surface area (Å²) in [4.78, 5) is 38.0. The second-order valence-corrected chi connectivity index (χ2v) is 6.99. The fraction of sp³-hybridized carbons (Fsp3) is 0.167. The molecule has 0 unspecified atom stereocenters. The first-order chi connectivity index (χ1) is 12.5. The van der Waals surface area contributed by atoms with Crippen molar-refractivity contribution in [2.45, 2.75) is 19.9 Å². The maximum Gasteiger partial charge on any atom is 0.271 e. The maximum atomic E-state index is 12.6. The van der Waals surface area contributed by atoms with Gasteiger partial charge in [-0.15, -0.1) is 11.3 Å². The highest BCUT2D eigenvalue weighted by Crippen LogP contribution is 2.30. The van der Waals surface area contributed by atoms with Gasteiger partial charge < -0.3 is 5.73 Å². The lowest BCUT2D eigenvalue weighted by atomic mass is 10.1. The van der Waals surface area contributed by atoms with Crippen LogP contribution in [0, 0.1) is 6.92 Å². The Kier molecular flexibility index (Phi) is 3.96. The minimum absolute atomic E-state index is 0.195. The molecule has 26 heavy (non-hydrogen) atoms. The molecule has 0 bridgehead atoms. The summed E-state index contributed by atoms with van der Waals surface area (Å²) < 4.78 is 1.67. The molecule has 4 rings (SSSR count). The molecule has 0 spiro atoms. The summed E-state index contributed by atoms with van der Waals surface area (Å²) in [6, 6.07) is 9.97. The lowest BCUT2D eigenvalue weighted by Crippen LogP contribution is -2.27. The van der Waals surface area contributed by atoms with Crippen molar-refractivity contribution in [3.63, 3.8) is 0 Å². The van der Waals surface area contributed by atoms with E-state index in [-0.39, 0.29) is 12.1 Å². The number of benzene rings is 1. The second kappa shape index (κ2) is 6.30. The zero-order valence-corrected chi connectivity index (χ0v) is 14.8. The van der Waals surface area contributed by atoms with Crippen molar-refractivity contribution in [2.24, 2.45) is 5.73 Å². The molecule has 7 nitrogen and oxygen atoms in total. The van der Waals surface area contributed by atoms with Crippen LogP contribution in [-0.2, 0) is 17.8 Å². The molecule has 0 aliphatic rings. The van der Waals surface area contributed by atoms with Gasteiger partial charge in [0.05, 0.1) is 22.9 Å². The summed E-state index contributed by atoms with van der Waals surface area (Å²) in [5.41, 5.74) is 7.37. The molecule has 4 aromatic rings. The summed E-state index contributed by atoms with van der Waals surface area (Å²) in [5.74, 6) is 0.112. The Morgan fingerprint density at radius 3 is 2.73 bits per heavy atom. The Bertz CT molecular complexity index is 1200. The quantitative estimate of drug-likeness (QED) is 0.594. The smallest absolute Gasteiger partial charge is 0.271 e. The number of carbonyl (C=O) groups excluding carboxylic acids is 1. The molecule has 0 atom stereocenters. The zero-order valence-electron chi connectivity index (χ0n) is 14.0. The van der Waals surface area contributed by atoms with Crippen LogP contribution in [0.5, 0.6) is 0 Å². The van der Waals surface area contributed by atoms with Crippen molar-refractivity contribution in [1.29, 1.82) is 0 Å². The maximum absolute atomic E-state index is 12.6. The van der Waals surface area contributed by atoms with Gasteiger partial charge in [0, 0.05) is 6.42 Å². The van der Waals surface area contributed by atoms with Crippen molar-refractivity contribution in [2.75, 3.05) is 0 Å². The van der Waals surface area contributed by atoms with E-state index in [1.165, 1.54) is 22.2 Å². The van der Waals surface area contributed by atoms with E-state index < -0.39 is 5.91 Å². The van der Waals surface area contributed by atoms with E-state index in [9.17, 15) is 9.59 Å². The third-order valence-electron chi connectivity index (χ3n) is 4.07. The lowest BCUT2D eigenvalue weighted by molar-refractivity contribution is -0.118. The van der Waals surface area contributed by atoms with Gasteiger partial charge in [-0.2, -0.15) is 0 Å². The number of aromatic nitrogens is 4. The Labute approximate surface area is 152 Å². The number of aryl methyl sites for hydroxylation is 1. The van der Waals surface area contributed by atoms with Crippen LogP contribution >= 0.6 is 11.3 Å². The van der Waals surface area contributed by atoms with Crippen LogP contribution in [0.1, 0.15) is 17.1 Å². The first-order valence-electron chi connectivity index (χ1n) is 8.00. The monoisotopic (exact) mass is 365 g/mol. The van der Waals surface area contributed by atoms with Crippen LogP contribution in [0.15, 0.2) is 41.5 Å². The van der Waals surface area contributed by atoms with Crippen LogP contribution < -0.4 is 11.3 Å². The molecule has 0 aliphatic carbocycles. The van der Waals surface area contributed by atoms with Crippen molar-refractivity contribution in [3.8, 4) is 0 Å². The number of fused-ring (bicyclic) bond motifs is 3. The number of hydrogen-bond acceptors (Lipinski definition) is 6. The second-order valence-electron chi connectivity index (χ2n) is 5.99. The summed E-state index contributed by atoms with van der Waals surface area (Å²) in [6.07, 6.45) is 1.96. The molecule has 0 radical (unpaired) electrons. The third-order valence-corrected chi connectivity index (χ3v) is 5.13. The van der Waals surface area contributed by atoms with Crippen LogP contribution in [0.3, 0.4) is 0 Å². The van der Waals surface area contributed by atoms with Gasteiger partial charge in [-0.25, -0.2) is 15.0 Å². The van der Waals surface area contributed by atoms with Gasteiger partial charge in [-0.3, -0.25) is 14.2 Å². The van der Waals surface area contributed by atoms with Crippen LogP contribution in [0.2, 0.25) is 0 Å². The topological polar surface area (TPSA) is 104 Å². The molecule has 1 amide bonds. The van der Waals surface area contributed by atoms with Crippen molar-refractivity contribution >= 4 is 37.7 Å². The molecular formula is C18H15N5O2S. The van der Waals surface area contributed by atoms with E-state index in [0.717, 1.165) is 21.5 Å². The molecule has 0 aliphatic heterocycles. The highest BCUT2D eigenvalue weighted by Gasteiger charge is 2.17. The Balaban J connectivity index is 1.86. The normalized spacial score (nSPS) is 11.3. The average molecular weight is 365 g/mol. The number of thiophene rings is 1. The highest BCUT2D eigenvalue weighted by atomic mass is 32.1. The molecule has 8 heteroatoms. The highest BCUT2D eigenvalue weighted by molar-refractivity contribution is 7.25. The van der Waals surface area contributed by atoms with E-state index in [4.69, 9.17) is 5.73 Å². The third kappa shape index (κ3) is 2.84. The number of nitrogens with two attached hydrogens (primary N) is 1. The predicted molar refractivity (Wildman–Crippen MR) is 100 cm³/mol. The van der Waals surface area contributed by atoms with Gasteiger partial charge in [0.1, 0.15) is 21.9 Å². The largest absolute Gasteiger partial charge is 0.368 e. The molecule has 3 aromatic heterocycles. The predicted octanol–water partition coefficient (Wildman–Crippen LogP) is 1.79. The fourth-order valence-corrected chi connectivity index (χ4v) is 4.07. The summed E-state index contributed by atoms with van der Waals surface area (Å²) in [7, 11) is 0. The van der Waals surface area contributed by atoms with Crippen molar-refractivity contribution in [3.05, 3.63) is 64.1 Å². The Hall–Kier alpha value is -3.13. The molecule has 0 saturated carbocycles. The summed E-state index contributed by atoms with van der Waals surface area (Å²) in [5, 5.41) is 0.783. The van der Waals surface area contributed by atoms with E-state index >= 15 is 0 Å². The number of nitrogens with zero attached hydrogens (tertiary/aromatic N) is 4. The van der Waals surface area contributed by atoms with Crippen LogP contribution in [0.25, 0.3) is 20.4 Å². The van der Waals surface area contributed by atoms with E-state index in [0.29, 0.717) is 22.5 Å². The van der Waals surface area contributed by atoms with Gasteiger partial charge in [0.2, 0.25) is 5.91 Å². The fourth-order valence-electron chi connectivity index (χ4n) is 2.92. The molecular weight excluding hydrogens is 350 g/mol. The van der Waals surface area contributed by atoms with Crippen molar-refractivity contribution in [1.82, 2.24) is 19.5 Å². The molecule has 0 fully saturated rings. The Morgan fingerprint density at radius 1 is 1.23 bits per heavy atom. The lowest BCUT2D eigenvalue weighted by Gasteiger charge is -2.03. The van der Waals surface area contributed by atoms with Crippen LogP contribution in [0.4, 0.5) is 0 Å². The Morgan fingerprint density at radius 2 is 2.00 bits per heavy atom. The summed E-state index contributed by atoms with van der Waals surface area (Å²) >= 11 is 1.27. The number of amides is 1. The van der Waals surface area contributed by atoms with Gasteiger partial charge in [0.15, 0.2) is 0 Å². The first kappa shape index (κ1) is 16.3. The van der Waals surface area contributed by atoms with Crippen LogP contribution in [-0.4, -0.2) is 25.4 Å². The molecule has 3 heterocycles. The average Bonchev–Trinajstić information content (AvgIpc) is 2.98. The number of rotatable bonds is 4. The minimum Gasteiger partial charge on any atom is -0.368 e. The van der Waals surface area contributed by atoms with Crippen molar-refractivity contribution < 1.29 is 4.79 Å². The standard InChI is InChI=1S/C18H15N5O2S/c1-10-14-15-16(18(25)23(9-20-15)8-12(19)24)26-17(14)22-13(21-10)7-11-5-3-2-4-6-11/h2-6,9H,7-8H2,1H3,(H2,19,24). The minimum atomic E-state index is -0.588. The van der Waals surface area contributed by atoms with E-state index in [1.54, 1.807) is 0 Å². The van der Waals surface area contributed by atoms with E-state index in [1.807, 2.05) is 37.3 Å².